The van der Waals surface area contributed by atoms with Crippen molar-refractivity contribution in [3.05, 3.63) is 65.2 Å². The molecule has 0 radical (unpaired) electrons. The maximum Gasteiger partial charge on any atom is 0.253 e. The average Bonchev–Trinajstić information content (AvgIpc) is 2.65. The highest BCUT2D eigenvalue weighted by atomic mass is 32.2. The lowest BCUT2D eigenvalue weighted by atomic mass is 10.1. The van der Waals surface area contributed by atoms with Gasteiger partial charge in [-0.15, -0.1) is 0 Å². The smallest absolute Gasteiger partial charge is 0.253 e. The number of benzene rings is 2. The van der Waals surface area contributed by atoms with E-state index in [0.29, 0.717) is 17.7 Å². The lowest BCUT2D eigenvalue weighted by Gasteiger charge is -2.14. The van der Waals surface area contributed by atoms with E-state index in [1.54, 1.807) is 36.2 Å². The first kappa shape index (κ1) is 19.8. The van der Waals surface area contributed by atoms with Crippen LogP contribution in [0.4, 0.5) is 0 Å². The molecule has 2 aromatic rings. The summed E-state index contributed by atoms with van der Waals surface area (Å²) in [5.74, 6) is -0.199. The van der Waals surface area contributed by atoms with Crippen LogP contribution in [-0.4, -0.2) is 38.6 Å². The van der Waals surface area contributed by atoms with Gasteiger partial charge in [0.1, 0.15) is 0 Å². The van der Waals surface area contributed by atoms with Crippen molar-refractivity contribution in [1.29, 1.82) is 0 Å². The largest absolute Gasteiger partial charge is 0.342 e. The molecular weight excluding hydrogens is 352 g/mol. The van der Waals surface area contributed by atoms with E-state index in [1.807, 2.05) is 6.92 Å². The van der Waals surface area contributed by atoms with Crippen LogP contribution < -0.4 is 4.72 Å². The number of ketones is 1. The molecule has 138 valence electrons. The molecule has 1 amide bonds. The predicted molar refractivity (Wildman–Crippen MR) is 99.5 cm³/mol. The van der Waals surface area contributed by atoms with Gasteiger partial charge in [0.15, 0.2) is 5.78 Å². The summed E-state index contributed by atoms with van der Waals surface area (Å²) in [5, 5.41) is 0. The molecule has 0 bridgehead atoms. The van der Waals surface area contributed by atoms with E-state index in [4.69, 9.17) is 0 Å². The van der Waals surface area contributed by atoms with Gasteiger partial charge in [0, 0.05) is 31.3 Å². The standard InChI is InChI=1S/C19H22N2O4S/c1-4-21(3)19(23)17-7-5-15(6-8-17)13-20-26(24,25)18-11-9-16(10-12-18)14(2)22/h5-12,20H,4,13H2,1-3H3. The van der Waals surface area contributed by atoms with Crippen molar-refractivity contribution in [1.82, 2.24) is 9.62 Å². The first-order chi connectivity index (χ1) is 12.2. The molecule has 0 saturated carbocycles. The number of carbonyl (C=O) groups excluding carboxylic acids is 2. The zero-order valence-electron chi connectivity index (χ0n) is 15.0. The monoisotopic (exact) mass is 374 g/mol. The summed E-state index contributed by atoms with van der Waals surface area (Å²) in [6.45, 7) is 4.04. The highest BCUT2D eigenvalue weighted by Crippen LogP contribution is 2.13. The molecule has 0 saturated heterocycles. The van der Waals surface area contributed by atoms with Crippen LogP contribution in [0.15, 0.2) is 53.4 Å². The fourth-order valence-corrected chi connectivity index (χ4v) is 3.28. The zero-order valence-corrected chi connectivity index (χ0v) is 15.8. The Hall–Kier alpha value is -2.51. The van der Waals surface area contributed by atoms with Gasteiger partial charge in [-0.3, -0.25) is 9.59 Å². The van der Waals surface area contributed by atoms with E-state index < -0.39 is 10.0 Å². The Balaban J connectivity index is 2.05. The first-order valence-corrected chi connectivity index (χ1v) is 9.68. The third-order valence-corrected chi connectivity index (χ3v) is 5.48. The highest BCUT2D eigenvalue weighted by molar-refractivity contribution is 7.89. The zero-order chi connectivity index (χ0) is 19.3. The lowest BCUT2D eigenvalue weighted by molar-refractivity contribution is 0.0802. The molecule has 0 heterocycles. The quantitative estimate of drug-likeness (QED) is 0.755. The van der Waals surface area contributed by atoms with Gasteiger partial charge < -0.3 is 4.90 Å². The van der Waals surface area contributed by atoms with Gasteiger partial charge in [-0.1, -0.05) is 24.3 Å². The minimum absolute atomic E-state index is 0.0785. The molecular formula is C19H22N2O4S. The van der Waals surface area contributed by atoms with Crippen LogP contribution in [0.1, 0.15) is 40.1 Å². The summed E-state index contributed by atoms with van der Waals surface area (Å²) < 4.78 is 27.2. The molecule has 2 rings (SSSR count). The molecule has 6 nitrogen and oxygen atoms in total. The summed E-state index contributed by atoms with van der Waals surface area (Å²) in [7, 11) is -1.96. The topological polar surface area (TPSA) is 83.6 Å². The number of nitrogens with zero attached hydrogens (tertiary/aromatic N) is 1. The Labute approximate surface area is 153 Å². The van der Waals surface area contributed by atoms with Crippen molar-refractivity contribution in [3.8, 4) is 0 Å². The van der Waals surface area contributed by atoms with Crippen molar-refractivity contribution in [2.45, 2.75) is 25.3 Å². The Morgan fingerprint density at radius 3 is 2.00 bits per heavy atom. The summed E-state index contributed by atoms with van der Waals surface area (Å²) in [6, 6.07) is 12.6. The molecule has 0 aliphatic carbocycles. The fraction of sp³-hybridized carbons (Fsp3) is 0.263. The van der Waals surface area contributed by atoms with Crippen molar-refractivity contribution >= 4 is 21.7 Å². The van der Waals surface area contributed by atoms with E-state index in [2.05, 4.69) is 4.72 Å². The van der Waals surface area contributed by atoms with Crippen LogP contribution in [0.2, 0.25) is 0 Å². The second-order valence-corrected chi connectivity index (χ2v) is 7.69. The normalized spacial score (nSPS) is 11.2. The van der Waals surface area contributed by atoms with Gasteiger partial charge in [0.05, 0.1) is 4.90 Å². The number of Topliss-reactive ketones (excluding diaryl/α,β-unsaturated/α-hetero) is 1. The van der Waals surface area contributed by atoms with Crippen LogP contribution >= 0.6 is 0 Å². The SMILES string of the molecule is CCN(C)C(=O)c1ccc(CNS(=O)(=O)c2ccc(C(C)=O)cc2)cc1. The molecule has 0 spiro atoms. The molecule has 0 aliphatic rings. The van der Waals surface area contributed by atoms with Gasteiger partial charge in [0.25, 0.3) is 5.91 Å². The fourth-order valence-electron chi connectivity index (χ4n) is 2.26. The second kappa shape index (κ2) is 8.25. The predicted octanol–water partition coefficient (Wildman–Crippen LogP) is 2.46. The molecule has 0 unspecified atom stereocenters. The third-order valence-electron chi connectivity index (χ3n) is 4.06. The molecule has 2 aromatic carbocycles. The van der Waals surface area contributed by atoms with Crippen LogP contribution in [0.3, 0.4) is 0 Å². The number of amides is 1. The van der Waals surface area contributed by atoms with Crippen molar-refractivity contribution in [2.24, 2.45) is 0 Å². The third kappa shape index (κ3) is 4.77. The van der Waals surface area contributed by atoms with Crippen LogP contribution in [0, 0.1) is 0 Å². The summed E-state index contributed by atoms with van der Waals surface area (Å²) in [4.78, 5) is 25.0. The van der Waals surface area contributed by atoms with Crippen molar-refractivity contribution in [3.63, 3.8) is 0 Å². The Kier molecular flexibility index (Phi) is 6.28. The number of sulfonamides is 1. The maximum absolute atomic E-state index is 12.3. The second-order valence-electron chi connectivity index (χ2n) is 5.92. The van der Waals surface area contributed by atoms with E-state index >= 15 is 0 Å². The highest BCUT2D eigenvalue weighted by Gasteiger charge is 2.15. The Morgan fingerprint density at radius 2 is 1.50 bits per heavy atom. The number of hydrogen-bond acceptors (Lipinski definition) is 4. The molecule has 0 aromatic heterocycles. The van der Waals surface area contributed by atoms with E-state index in [1.165, 1.54) is 31.2 Å². The van der Waals surface area contributed by atoms with Crippen LogP contribution in [-0.2, 0) is 16.6 Å². The molecule has 0 aliphatic heterocycles. The minimum atomic E-state index is -3.68. The van der Waals surface area contributed by atoms with E-state index in [-0.39, 0.29) is 23.1 Å². The molecule has 7 heteroatoms. The number of rotatable bonds is 7. The molecule has 0 atom stereocenters. The van der Waals surface area contributed by atoms with Gasteiger partial charge in [-0.2, -0.15) is 0 Å². The average molecular weight is 374 g/mol. The Morgan fingerprint density at radius 1 is 0.962 bits per heavy atom. The molecule has 1 N–H and O–H groups in total. The van der Waals surface area contributed by atoms with E-state index in [0.717, 1.165) is 5.56 Å². The minimum Gasteiger partial charge on any atom is -0.342 e. The number of nitrogens with one attached hydrogen (secondary N) is 1. The van der Waals surface area contributed by atoms with Gasteiger partial charge in [-0.25, -0.2) is 13.1 Å². The van der Waals surface area contributed by atoms with Crippen molar-refractivity contribution < 1.29 is 18.0 Å². The van der Waals surface area contributed by atoms with E-state index in [9.17, 15) is 18.0 Å². The van der Waals surface area contributed by atoms with Crippen LogP contribution in [0.5, 0.6) is 0 Å². The number of carbonyl (C=O) groups is 2. The van der Waals surface area contributed by atoms with Gasteiger partial charge >= 0.3 is 0 Å². The molecule has 0 fully saturated rings. The first-order valence-electron chi connectivity index (χ1n) is 8.19. The lowest BCUT2D eigenvalue weighted by Crippen LogP contribution is -2.26. The summed E-state index contributed by atoms with van der Waals surface area (Å²) in [6.07, 6.45) is 0. The summed E-state index contributed by atoms with van der Waals surface area (Å²) >= 11 is 0. The Bertz CT molecular complexity index is 888. The van der Waals surface area contributed by atoms with Gasteiger partial charge in [0.2, 0.25) is 10.0 Å². The van der Waals surface area contributed by atoms with Crippen molar-refractivity contribution in [2.75, 3.05) is 13.6 Å². The maximum atomic E-state index is 12.3. The molecule has 26 heavy (non-hydrogen) atoms. The number of hydrogen-bond donors (Lipinski definition) is 1. The van der Waals surface area contributed by atoms with Gasteiger partial charge in [-0.05, 0) is 43.7 Å². The summed E-state index contributed by atoms with van der Waals surface area (Å²) in [5.41, 5.74) is 1.76. The van der Waals surface area contributed by atoms with Crippen LogP contribution in [0.25, 0.3) is 0 Å².